The second-order valence-corrected chi connectivity index (χ2v) is 7.42. The SMILES string of the molecule is CCc1ccccc1NC(=O)CN(C)C(=O)C1Cc2ccccc2S1. The van der Waals surface area contributed by atoms with Crippen LogP contribution in [0.3, 0.4) is 0 Å². The lowest BCUT2D eigenvalue weighted by Gasteiger charge is -2.20. The first-order chi connectivity index (χ1) is 12.1. The van der Waals surface area contributed by atoms with Crippen molar-refractivity contribution in [3.63, 3.8) is 0 Å². The van der Waals surface area contributed by atoms with Crippen molar-refractivity contribution < 1.29 is 9.59 Å². The lowest BCUT2D eigenvalue weighted by molar-refractivity contribution is -0.132. The van der Waals surface area contributed by atoms with Gasteiger partial charge in [-0.1, -0.05) is 43.3 Å². The highest BCUT2D eigenvalue weighted by atomic mass is 32.2. The highest BCUT2D eigenvalue weighted by Gasteiger charge is 2.30. The molecule has 1 unspecified atom stereocenters. The van der Waals surface area contributed by atoms with E-state index in [9.17, 15) is 9.59 Å². The molecule has 1 heterocycles. The number of carbonyl (C=O) groups excluding carboxylic acids is 2. The van der Waals surface area contributed by atoms with Gasteiger partial charge in [0.1, 0.15) is 0 Å². The van der Waals surface area contributed by atoms with Crippen LogP contribution in [-0.4, -0.2) is 35.6 Å². The average molecular weight is 354 g/mol. The van der Waals surface area contributed by atoms with Crippen molar-refractivity contribution >= 4 is 29.3 Å². The molecular weight excluding hydrogens is 332 g/mol. The van der Waals surface area contributed by atoms with Gasteiger partial charge in [-0.05, 0) is 36.1 Å². The summed E-state index contributed by atoms with van der Waals surface area (Å²) in [7, 11) is 1.69. The number of para-hydroxylation sites is 1. The number of aryl methyl sites for hydroxylation is 1. The average Bonchev–Trinajstić information content (AvgIpc) is 3.05. The number of amides is 2. The molecule has 4 nitrogen and oxygen atoms in total. The second-order valence-electron chi connectivity index (χ2n) is 6.17. The minimum absolute atomic E-state index is 0.000117. The van der Waals surface area contributed by atoms with Crippen molar-refractivity contribution in [3.8, 4) is 0 Å². The van der Waals surface area contributed by atoms with Gasteiger partial charge >= 0.3 is 0 Å². The number of nitrogens with one attached hydrogen (secondary N) is 1. The summed E-state index contributed by atoms with van der Waals surface area (Å²) in [6.45, 7) is 2.11. The van der Waals surface area contributed by atoms with E-state index in [2.05, 4.69) is 18.3 Å². The standard InChI is InChI=1S/C20H22N2O2S/c1-3-14-8-4-6-10-16(14)21-19(23)13-22(2)20(24)18-12-15-9-5-7-11-17(15)25-18/h4-11,18H,3,12-13H2,1-2H3,(H,21,23). The normalized spacial score (nSPS) is 15.5. The molecule has 0 bridgehead atoms. The molecule has 0 spiro atoms. The number of benzene rings is 2. The Kier molecular flexibility index (Phi) is 5.43. The van der Waals surface area contributed by atoms with Crippen LogP contribution in [0.4, 0.5) is 5.69 Å². The number of nitrogens with zero attached hydrogens (tertiary/aromatic N) is 1. The molecule has 3 rings (SSSR count). The first kappa shape index (κ1) is 17.5. The lowest BCUT2D eigenvalue weighted by atomic mass is 10.1. The van der Waals surface area contributed by atoms with Gasteiger partial charge in [0.05, 0.1) is 11.8 Å². The van der Waals surface area contributed by atoms with Crippen LogP contribution in [0, 0.1) is 0 Å². The molecule has 0 aromatic heterocycles. The number of likely N-dealkylation sites (N-methyl/N-ethyl adjacent to an activating group) is 1. The maximum absolute atomic E-state index is 12.6. The van der Waals surface area contributed by atoms with E-state index in [4.69, 9.17) is 0 Å². The highest BCUT2D eigenvalue weighted by molar-refractivity contribution is 8.01. The van der Waals surface area contributed by atoms with Gasteiger partial charge < -0.3 is 10.2 Å². The summed E-state index contributed by atoms with van der Waals surface area (Å²) < 4.78 is 0. The number of carbonyl (C=O) groups is 2. The van der Waals surface area contributed by atoms with Crippen molar-refractivity contribution in [2.75, 3.05) is 18.9 Å². The summed E-state index contributed by atoms with van der Waals surface area (Å²) in [4.78, 5) is 27.7. The van der Waals surface area contributed by atoms with Crippen molar-refractivity contribution in [1.82, 2.24) is 4.90 Å². The molecule has 1 aliphatic rings. The Bertz CT molecular complexity index is 766. The van der Waals surface area contributed by atoms with Gasteiger partial charge in [0.2, 0.25) is 11.8 Å². The molecule has 1 aliphatic heterocycles. The summed E-state index contributed by atoms with van der Waals surface area (Å²) in [6.07, 6.45) is 1.58. The van der Waals surface area contributed by atoms with Crippen molar-refractivity contribution in [1.29, 1.82) is 0 Å². The van der Waals surface area contributed by atoms with Gasteiger partial charge in [0.15, 0.2) is 0 Å². The summed E-state index contributed by atoms with van der Waals surface area (Å²) >= 11 is 1.59. The fourth-order valence-corrected chi connectivity index (χ4v) is 4.31. The number of rotatable bonds is 5. The molecular formula is C20H22N2O2S. The van der Waals surface area contributed by atoms with E-state index in [0.717, 1.165) is 29.0 Å². The molecule has 0 aliphatic carbocycles. The summed E-state index contributed by atoms with van der Waals surface area (Å²) in [5.74, 6) is -0.169. The van der Waals surface area contributed by atoms with Gasteiger partial charge in [-0.2, -0.15) is 0 Å². The van der Waals surface area contributed by atoms with Crippen LogP contribution in [0.1, 0.15) is 18.1 Å². The number of anilines is 1. The summed E-state index contributed by atoms with van der Waals surface area (Å²) in [5, 5.41) is 2.77. The van der Waals surface area contributed by atoms with Gasteiger partial charge in [-0.15, -0.1) is 11.8 Å². The lowest BCUT2D eigenvalue weighted by Crippen LogP contribution is -2.39. The third-order valence-corrected chi connectivity index (χ3v) is 5.66. The van der Waals surface area contributed by atoms with Gasteiger partial charge in [-0.3, -0.25) is 9.59 Å². The predicted molar refractivity (Wildman–Crippen MR) is 102 cm³/mol. The number of hydrogen-bond acceptors (Lipinski definition) is 3. The quantitative estimate of drug-likeness (QED) is 0.896. The van der Waals surface area contributed by atoms with Crippen LogP contribution in [0.5, 0.6) is 0 Å². The summed E-state index contributed by atoms with van der Waals surface area (Å²) in [6, 6.07) is 15.8. The van der Waals surface area contributed by atoms with Crippen LogP contribution in [0.2, 0.25) is 0 Å². The van der Waals surface area contributed by atoms with E-state index in [1.807, 2.05) is 42.5 Å². The van der Waals surface area contributed by atoms with Crippen LogP contribution >= 0.6 is 11.8 Å². The molecule has 0 saturated carbocycles. The van der Waals surface area contributed by atoms with E-state index >= 15 is 0 Å². The van der Waals surface area contributed by atoms with Crippen molar-refractivity contribution in [2.45, 2.75) is 29.9 Å². The maximum atomic E-state index is 12.6. The van der Waals surface area contributed by atoms with Crippen LogP contribution in [0.15, 0.2) is 53.4 Å². The maximum Gasteiger partial charge on any atom is 0.243 e. The van der Waals surface area contributed by atoms with Crippen LogP contribution in [-0.2, 0) is 22.4 Å². The number of fused-ring (bicyclic) bond motifs is 1. The van der Waals surface area contributed by atoms with Crippen molar-refractivity contribution in [3.05, 3.63) is 59.7 Å². The van der Waals surface area contributed by atoms with E-state index in [0.29, 0.717) is 0 Å². The Balaban J connectivity index is 1.58. The molecule has 130 valence electrons. The Morgan fingerprint density at radius 1 is 1.16 bits per heavy atom. The fraction of sp³-hybridized carbons (Fsp3) is 0.300. The van der Waals surface area contributed by atoms with Gasteiger partial charge in [0.25, 0.3) is 0 Å². The molecule has 2 amide bonds. The predicted octanol–water partition coefficient (Wildman–Crippen LogP) is 3.36. The molecule has 5 heteroatoms. The fourth-order valence-electron chi connectivity index (χ4n) is 3.00. The van der Waals surface area contributed by atoms with E-state index in [-0.39, 0.29) is 23.6 Å². The Hall–Kier alpha value is -2.27. The van der Waals surface area contributed by atoms with E-state index in [1.54, 1.807) is 18.8 Å². The minimum Gasteiger partial charge on any atom is -0.335 e. The first-order valence-electron chi connectivity index (χ1n) is 8.45. The molecule has 0 fully saturated rings. The van der Waals surface area contributed by atoms with Gasteiger partial charge in [-0.25, -0.2) is 0 Å². The molecule has 1 atom stereocenters. The highest BCUT2D eigenvalue weighted by Crippen LogP contribution is 2.37. The summed E-state index contributed by atoms with van der Waals surface area (Å²) in [5.41, 5.74) is 3.12. The van der Waals surface area contributed by atoms with E-state index < -0.39 is 0 Å². The Labute approximate surface area is 152 Å². The third-order valence-electron chi connectivity index (χ3n) is 4.35. The van der Waals surface area contributed by atoms with Crippen LogP contribution < -0.4 is 5.32 Å². The molecule has 1 N–H and O–H groups in total. The Morgan fingerprint density at radius 2 is 1.88 bits per heavy atom. The van der Waals surface area contributed by atoms with E-state index in [1.165, 1.54) is 10.5 Å². The number of hydrogen-bond donors (Lipinski definition) is 1. The largest absolute Gasteiger partial charge is 0.335 e. The van der Waals surface area contributed by atoms with Crippen LogP contribution in [0.25, 0.3) is 0 Å². The topological polar surface area (TPSA) is 49.4 Å². The first-order valence-corrected chi connectivity index (χ1v) is 9.33. The molecule has 0 radical (unpaired) electrons. The monoisotopic (exact) mass is 354 g/mol. The zero-order valence-electron chi connectivity index (χ0n) is 14.5. The molecule has 25 heavy (non-hydrogen) atoms. The molecule has 0 saturated heterocycles. The third kappa shape index (κ3) is 4.04. The smallest absolute Gasteiger partial charge is 0.243 e. The molecule has 2 aromatic rings. The number of thioether (sulfide) groups is 1. The van der Waals surface area contributed by atoms with Crippen molar-refractivity contribution in [2.24, 2.45) is 0 Å². The molecule has 2 aromatic carbocycles. The zero-order chi connectivity index (χ0) is 17.8. The minimum atomic E-state index is -0.169. The second kappa shape index (κ2) is 7.74. The van der Waals surface area contributed by atoms with Gasteiger partial charge in [0, 0.05) is 17.6 Å². The zero-order valence-corrected chi connectivity index (χ0v) is 15.3. The Morgan fingerprint density at radius 3 is 2.64 bits per heavy atom.